The number of aliphatic hydroxyl groups excluding tert-OH is 1. The Balaban J connectivity index is 1.51. The van der Waals surface area contributed by atoms with Gasteiger partial charge in [0.2, 0.25) is 0 Å². The molecule has 4 rings (SSSR count). The molecule has 1 aromatic rings. The van der Waals surface area contributed by atoms with E-state index >= 15 is 0 Å². The van der Waals surface area contributed by atoms with Gasteiger partial charge in [0, 0.05) is 50.5 Å². The lowest BCUT2D eigenvalue weighted by molar-refractivity contribution is 0.0756. The van der Waals surface area contributed by atoms with Crippen LogP contribution < -0.4 is 0 Å². The Kier molecular flexibility index (Phi) is 4.40. The first kappa shape index (κ1) is 16.2. The number of rotatable bonds is 2. The third kappa shape index (κ3) is 2.78. The number of thioether (sulfide) groups is 1. The van der Waals surface area contributed by atoms with Gasteiger partial charge in [-0.3, -0.25) is 14.5 Å². The van der Waals surface area contributed by atoms with Crippen LogP contribution in [0.15, 0.2) is 10.7 Å². The number of Topliss-reactive ketones (excluding diaryl/α,β-unsaturated/α-hetero) is 1. The molecule has 3 heterocycles. The van der Waals surface area contributed by atoms with Crippen molar-refractivity contribution >= 4 is 23.5 Å². The van der Waals surface area contributed by atoms with Crippen LogP contribution in [0.4, 0.5) is 0 Å². The molecule has 2 aliphatic heterocycles. The molecule has 2 saturated heterocycles. The largest absolute Gasteiger partial charge is 0.468 e. The SMILES string of the molecule is O=C1CCCc2occ(C(=O)N3C[C@@H](O)[C@H](N4CCSCC4)C3)c21. The average Bonchev–Trinajstić information content (AvgIpc) is 3.20. The van der Waals surface area contributed by atoms with Crippen LogP contribution in [0.5, 0.6) is 0 Å². The summed E-state index contributed by atoms with van der Waals surface area (Å²) in [4.78, 5) is 29.0. The van der Waals surface area contributed by atoms with E-state index in [0.29, 0.717) is 42.8 Å². The summed E-state index contributed by atoms with van der Waals surface area (Å²) in [6.45, 7) is 2.74. The summed E-state index contributed by atoms with van der Waals surface area (Å²) in [6, 6.07) is -0.00622. The number of carbonyl (C=O) groups excluding carboxylic acids is 2. The van der Waals surface area contributed by atoms with Crippen molar-refractivity contribution in [3.05, 3.63) is 23.2 Å². The van der Waals surface area contributed by atoms with Crippen LogP contribution in [0.2, 0.25) is 0 Å². The molecule has 1 N–H and O–H groups in total. The van der Waals surface area contributed by atoms with Gasteiger partial charge < -0.3 is 14.4 Å². The van der Waals surface area contributed by atoms with Gasteiger partial charge in [-0.2, -0.15) is 11.8 Å². The Morgan fingerprint density at radius 1 is 1.25 bits per heavy atom. The third-order valence-corrected chi connectivity index (χ3v) is 6.19. The van der Waals surface area contributed by atoms with E-state index in [9.17, 15) is 14.7 Å². The fourth-order valence-corrected chi connectivity index (χ4v) is 4.88. The molecule has 0 aromatic carbocycles. The van der Waals surface area contributed by atoms with E-state index < -0.39 is 6.10 Å². The zero-order chi connectivity index (χ0) is 16.7. The lowest BCUT2D eigenvalue weighted by atomic mass is 9.94. The molecule has 6 nitrogen and oxygen atoms in total. The first-order valence-corrected chi connectivity index (χ1v) is 9.73. The van der Waals surface area contributed by atoms with Crippen LogP contribution in [-0.2, 0) is 6.42 Å². The van der Waals surface area contributed by atoms with Gasteiger partial charge in [0.25, 0.3) is 5.91 Å². The molecular weight excluding hydrogens is 328 g/mol. The van der Waals surface area contributed by atoms with Crippen LogP contribution in [-0.4, -0.2) is 76.4 Å². The van der Waals surface area contributed by atoms with E-state index in [0.717, 1.165) is 31.0 Å². The molecule has 0 bridgehead atoms. The predicted octanol–water partition coefficient (Wildman–Crippen LogP) is 1.03. The molecule has 0 spiro atoms. The molecule has 1 aromatic heterocycles. The van der Waals surface area contributed by atoms with E-state index in [1.807, 2.05) is 11.8 Å². The Labute approximate surface area is 145 Å². The van der Waals surface area contributed by atoms with E-state index in [-0.39, 0.29) is 17.7 Å². The summed E-state index contributed by atoms with van der Waals surface area (Å²) in [5.74, 6) is 2.58. The Bertz CT molecular complexity index is 653. The van der Waals surface area contributed by atoms with E-state index in [1.165, 1.54) is 6.26 Å². The number of ketones is 1. The van der Waals surface area contributed by atoms with Crippen molar-refractivity contribution < 1.29 is 19.1 Å². The topological polar surface area (TPSA) is 74.0 Å². The van der Waals surface area contributed by atoms with Gasteiger partial charge in [-0.05, 0) is 6.42 Å². The number of amides is 1. The fourth-order valence-electron chi connectivity index (χ4n) is 3.95. The van der Waals surface area contributed by atoms with E-state index in [1.54, 1.807) is 4.90 Å². The molecular formula is C17H22N2O4S. The minimum Gasteiger partial charge on any atom is -0.468 e. The minimum absolute atomic E-state index is 0.00213. The number of likely N-dealkylation sites (tertiary alicyclic amines) is 1. The van der Waals surface area contributed by atoms with Crippen LogP contribution in [0.25, 0.3) is 0 Å². The van der Waals surface area contributed by atoms with Crippen molar-refractivity contribution in [1.82, 2.24) is 9.80 Å². The lowest BCUT2D eigenvalue weighted by Crippen LogP contribution is -2.47. The number of aliphatic hydroxyl groups is 1. The van der Waals surface area contributed by atoms with Crippen LogP contribution in [0.1, 0.15) is 39.3 Å². The second-order valence-corrected chi connectivity index (χ2v) is 7.94. The average molecular weight is 350 g/mol. The third-order valence-electron chi connectivity index (χ3n) is 5.25. The van der Waals surface area contributed by atoms with Gasteiger partial charge in [0.1, 0.15) is 12.0 Å². The van der Waals surface area contributed by atoms with Crippen molar-refractivity contribution in [3.8, 4) is 0 Å². The number of hydrogen-bond donors (Lipinski definition) is 1. The fraction of sp³-hybridized carbons (Fsp3) is 0.647. The first-order chi connectivity index (χ1) is 11.6. The molecule has 2 fully saturated rings. The smallest absolute Gasteiger partial charge is 0.258 e. The number of aryl methyl sites for hydroxylation is 1. The van der Waals surface area contributed by atoms with Gasteiger partial charge in [-0.15, -0.1) is 0 Å². The molecule has 0 unspecified atom stereocenters. The number of β-amino-alcohol motifs (C(OH)–C–C–N with tert-alkyl or cyclic N) is 1. The highest BCUT2D eigenvalue weighted by Crippen LogP contribution is 2.29. The number of nitrogens with zero attached hydrogens (tertiary/aromatic N) is 2. The highest BCUT2D eigenvalue weighted by Gasteiger charge is 2.40. The molecule has 1 amide bonds. The van der Waals surface area contributed by atoms with Gasteiger partial charge >= 0.3 is 0 Å². The molecule has 3 aliphatic rings. The zero-order valence-electron chi connectivity index (χ0n) is 13.6. The standard InChI is InChI=1S/C17H22N2O4S/c20-13-2-1-3-15-16(13)11(10-23-15)17(22)19-8-12(14(21)9-19)18-4-6-24-7-5-18/h10,12,14,21H,1-9H2/t12-,14-/m1/s1. The Morgan fingerprint density at radius 3 is 2.83 bits per heavy atom. The maximum atomic E-state index is 12.9. The number of fused-ring (bicyclic) bond motifs is 1. The summed E-state index contributed by atoms with van der Waals surface area (Å²) in [5, 5.41) is 10.4. The van der Waals surface area contributed by atoms with Gasteiger partial charge in [0.15, 0.2) is 5.78 Å². The minimum atomic E-state index is -0.532. The zero-order valence-corrected chi connectivity index (χ0v) is 14.4. The molecule has 0 saturated carbocycles. The number of carbonyl (C=O) groups is 2. The Hall–Kier alpha value is -1.31. The second kappa shape index (κ2) is 6.54. The molecule has 2 atom stereocenters. The van der Waals surface area contributed by atoms with Crippen molar-refractivity contribution in [1.29, 1.82) is 0 Å². The normalized spacial score (nSPS) is 28.2. The van der Waals surface area contributed by atoms with Crippen LogP contribution >= 0.6 is 11.8 Å². The number of furan rings is 1. The van der Waals surface area contributed by atoms with Crippen molar-refractivity contribution in [3.63, 3.8) is 0 Å². The van der Waals surface area contributed by atoms with Crippen molar-refractivity contribution in [2.75, 3.05) is 37.7 Å². The van der Waals surface area contributed by atoms with Gasteiger partial charge in [0.05, 0.1) is 23.3 Å². The lowest BCUT2D eigenvalue weighted by Gasteiger charge is -2.33. The maximum absolute atomic E-state index is 12.9. The van der Waals surface area contributed by atoms with Gasteiger partial charge in [-0.1, -0.05) is 0 Å². The maximum Gasteiger partial charge on any atom is 0.258 e. The van der Waals surface area contributed by atoms with Crippen LogP contribution in [0, 0.1) is 0 Å². The van der Waals surface area contributed by atoms with Gasteiger partial charge in [-0.25, -0.2) is 0 Å². The quantitative estimate of drug-likeness (QED) is 0.859. The summed E-state index contributed by atoms with van der Waals surface area (Å²) in [7, 11) is 0. The van der Waals surface area contributed by atoms with E-state index in [2.05, 4.69) is 4.90 Å². The van der Waals surface area contributed by atoms with Crippen molar-refractivity contribution in [2.24, 2.45) is 0 Å². The molecule has 0 radical (unpaired) electrons. The highest BCUT2D eigenvalue weighted by atomic mass is 32.2. The Morgan fingerprint density at radius 2 is 2.04 bits per heavy atom. The highest BCUT2D eigenvalue weighted by molar-refractivity contribution is 7.99. The van der Waals surface area contributed by atoms with Crippen molar-refractivity contribution in [2.45, 2.75) is 31.4 Å². The monoisotopic (exact) mass is 350 g/mol. The first-order valence-electron chi connectivity index (χ1n) is 8.58. The summed E-state index contributed by atoms with van der Waals surface area (Å²) < 4.78 is 5.46. The molecule has 1 aliphatic carbocycles. The van der Waals surface area contributed by atoms with E-state index in [4.69, 9.17) is 4.42 Å². The number of hydrogen-bond acceptors (Lipinski definition) is 6. The van der Waals surface area contributed by atoms with Crippen LogP contribution in [0.3, 0.4) is 0 Å². The summed E-state index contributed by atoms with van der Waals surface area (Å²) >= 11 is 1.93. The predicted molar refractivity (Wildman–Crippen MR) is 90.6 cm³/mol. The molecule has 24 heavy (non-hydrogen) atoms. The summed E-state index contributed by atoms with van der Waals surface area (Å²) in [6.07, 6.45) is 2.86. The molecule has 7 heteroatoms. The molecule has 130 valence electrons. The second-order valence-electron chi connectivity index (χ2n) is 6.72. The summed E-state index contributed by atoms with van der Waals surface area (Å²) in [5.41, 5.74) is 0.843.